The lowest BCUT2D eigenvalue weighted by atomic mass is 10.1. The Bertz CT molecular complexity index is 419. The molecule has 0 atom stereocenters. The highest BCUT2D eigenvalue weighted by molar-refractivity contribution is 5.90. The smallest absolute Gasteiger partial charge is 0.338 e. The maximum Gasteiger partial charge on any atom is 0.338 e. The van der Waals surface area contributed by atoms with Crippen LogP contribution in [0.15, 0.2) is 12.1 Å². The van der Waals surface area contributed by atoms with Crippen molar-refractivity contribution in [3.8, 4) is 0 Å². The fraction of sp³-hybridized carbons (Fsp3) is 0.364. The molecule has 0 spiro atoms. The molecular formula is C11H15FN2O2. The van der Waals surface area contributed by atoms with E-state index in [0.717, 1.165) is 12.1 Å². The van der Waals surface area contributed by atoms with Crippen molar-refractivity contribution in [2.45, 2.75) is 19.9 Å². The molecule has 5 heteroatoms. The van der Waals surface area contributed by atoms with Gasteiger partial charge in [-0.1, -0.05) is 0 Å². The van der Waals surface area contributed by atoms with E-state index >= 15 is 0 Å². The third-order valence-corrected chi connectivity index (χ3v) is 2.50. The van der Waals surface area contributed by atoms with Crippen molar-refractivity contribution >= 4 is 17.3 Å². The van der Waals surface area contributed by atoms with Crippen molar-refractivity contribution in [1.29, 1.82) is 0 Å². The topological polar surface area (TPSA) is 66.6 Å². The van der Waals surface area contributed by atoms with Gasteiger partial charge < -0.3 is 15.7 Å². The number of rotatable bonds is 3. The molecule has 1 rings (SSSR count). The van der Waals surface area contributed by atoms with Gasteiger partial charge in [0.15, 0.2) is 0 Å². The van der Waals surface area contributed by atoms with Crippen molar-refractivity contribution < 1.29 is 14.3 Å². The fourth-order valence-corrected chi connectivity index (χ4v) is 1.33. The molecule has 0 aliphatic carbocycles. The second-order valence-electron chi connectivity index (χ2n) is 3.90. The monoisotopic (exact) mass is 226 g/mol. The summed E-state index contributed by atoms with van der Waals surface area (Å²) in [4.78, 5) is 12.5. The molecule has 0 heterocycles. The number of benzene rings is 1. The van der Waals surface area contributed by atoms with E-state index in [1.54, 1.807) is 11.9 Å². The zero-order valence-electron chi connectivity index (χ0n) is 9.49. The largest absolute Gasteiger partial charge is 0.478 e. The molecule has 0 bridgehead atoms. The third-order valence-electron chi connectivity index (χ3n) is 2.50. The normalized spacial score (nSPS) is 10.6. The van der Waals surface area contributed by atoms with E-state index in [9.17, 15) is 9.18 Å². The summed E-state index contributed by atoms with van der Waals surface area (Å²) in [5.41, 5.74) is 6.05. The van der Waals surface area contributed by atoms with Gasteiger partial charge in [-0.25, -0.2) is 9.18 Å². The SMILES string of the molecule is CC(C)N(C)c1cc(F)c(C(=O)O)cc1N. The average molecular weight is 226 g/mol. The quantitative estimate of drug-likeness (QED) is 0.773. The number of hydrogen-bond donors (Lipinski definition) is 2. The number of hydrogen-bond acceptors (Lipinski definition) is 3. The molecule has 0 unspecified atom stereocenters. The molecule has 1 aromatic rings. The molecule has 0 amide bonds. The van der Waals surface area contributed by atoms with Crippen molar-refractivity contribution in [2.75, 3.05) is 17.7 Å². The molecule has 1 aromatic carbocycles. The number of aromatic carboxylic acids is 1. The molecule has 4 nitrogen and oxygen atoms in total. The first-order valence-corrected chi connectivity index (χ1v) is 4.89. The minimum absolute atomic E-state index is 0.150. The number of carboxylic acid groups (broad SMARTS) is 1. The Morgan fingerprint density at radius 2 is 2.06 bits per heavy atom. The van der Waals surface area contributed by atoms with E-state index in [4.69, 9.17) is 10.8 Å². The Morgan fingerprint density at radius 1 is 1.50 bits per heavy atom. The van der Waals surface area contributed by atoms with Crippen molar-refractivity contribution in [3.63, 3.8) is 0 Å². The number of halogens is 1. The predicted octanol–water partition coefficient (Wildman–Crippen LogP) is 1.95. The highest BCUT2D eigenvalue weighted by Crippen LogP contribution is 2.27. The van der Waals surface area contributed by atoms with Gasteiger partial charge in [0.2, 0.25) is 0 Å². The average Bonchev–Trinajstić information content (AvgIpc) is 2.19. The van der Waals surface area contributed by atoms with Crippen LogP contribution in [0.4, 0.5) is 15.8 Å². The minimum Gasteiger partial charge on any atom is -0.478 e. The van der Waals surface area contributed by atoms with Gasteiger partial charge in [0.05, 0.1) is 16.9 Å². The van der Waals surface area contributed by atoms with Crippen LogP contribution in [0.5, 0.6) is 0 Å². The van der Waals surface area contributed by atoms with Gasteiger partial charge in [-0.05, 0) is 19.9 Å². The summed E-state index contributed by atoms with van der Waals surface area (Å²) < 4.78 is 13.4. The summed E-state index contributed by atoms with van der Waals surface area (Å²) in [6.07, 6.45) is 0. The zero-order chi connectivity index (χ0) is 12.5. The molecule has 0 aromatic heterocycles. The first kappa shape index (κ1) is 12.3. The Kier molecular flexibility index (Phi) is 3.37. The molecule has 0 radical (unpaired) electrons. The van der Waals surface area contributed by atoms with Crippen LogP contribution in [0.1, 0.15) is 24.2 Å². The number of carbonyl (C=O) groups is 1. The van der Waals surface area contributed by atoms with Crippen LogP contribution < -0.4 is 10.6 Å². The van der Waals surface area contributed by atoms with Crippen molar-refractivity contribution in [2.24, 2.45) is 0 Å². The van der Waals surface area contributed by atoms with E-state index in [-0.39, 0.29) is 11.7 Å². The molecule has 0 fully saturated rings. The highest BCUT2D eigenvalue weighted by atomic mass is 19.1. The summed E-state index contributed by atoms with van der Waals surface area (Å²) >= 11 is 0. The first-order valence-electron chi connectivity index (χ1n) is 4.89. The van der Waals surface area contributed by atoms with Gasteiger partial charge in [-0.15, -0.1) is 0 Å². The minimum atomic E-state index is -1.32. The number of anilines is 2. The van der Waals surface area contributed by atoms with E-state index in [2.05, 4.69) is 0 Å². The lowest BCUT2D eigenvalue weighted by Crippen LogP contribution is -2.26. The zero-order valence-corrected chi connectivity index (χ0v) is 9.49. The lowest BCUT2D eigenvalue weighted by molar-refractivity contribution is 0.0692. The van der Waals surface area contributed by atoms with Gasteiger partial charge in [0, 0.05) is 19.2 Å². The molecule has 16 heavy (non-hydrogen) atoms. The molecule has 3 N–H and O–H groups in total. The highest BCUT2D eigenvalue weighted by Gasteiger charge is 2.16. The second kappa shape index (κ2) is 4.38. The Balaban J connectivity index is 3.25. The summed E-state index contributed by atoms with van der Waals surface area (Å²) in [6.45, 7) is 3.87. The first-order chi connectivity index (χ1) is 7.34. The summed E-state index contributed by atoms with van der Waals surface area (Å²) in [7, 11) is 1.77. The Labute approximate surface area is 93.5 Å². The van der Waals surface area contributed by atoms with Crippen LogP contribution in [0.2, 0.25) is 0 Å². The second-order valence-corrected chi connectivity index (χ2v) is 3.90. The number of nitrogens with two attached hydrogens (primary N) is 1. The van der Waals surface area contributed by atoms with E-state index in [0.29, 0.717) is 5.69 Å². The molecule has 0 saturated carbocycles. The van der Waals surface area contributed by atoms with Crippen LogP contribution in [-0.2, 0) is 0 Å². The van der Waals surface area contributed by atoms with Crippen LogP contribution in [0.3, 0.4) is 0 Å². The van der Waals surface area contributed by atoms with E-state index in [1.165, 1.54) is 0 Å². The Hall–Kier alpha value is -1.78. The van der Waals surface area contributed by atoms with Gasteiger partial charge in [-0.2, -0.15) is 0 Å². The molecule has 88 valence electrons. The standard InChI is InChI=1S/C11H15FN2O2/c1-6(2)14(3)10-5-8(12)7(11(15)16)4-9(10)13/h4-6H,13H2,1-3H3,(H,15,16). The van der Waals surface area contributed by atoms with E-state index in [1.807, 2.05) is 13.8 Å². The van der Waals surface area contributed by atoms with Crippen LogP contribution in [0.25, 0.3) is 0 Å². The van der Waals surface area contributed by atoms with Gasteiger partial charge in [0.25, 0.3) is 0 Å². The van der Waals surface area contributed by atoms with Gasteiger partial charge >= 0.3 is 5.97 Å². The number of carboxylic acids is 1. The van der Waals surface area contributed by atoms with Crippen molar-refractivity contribution in [3.05, 3.63) is 23.5 Å². The van der Waals surface area contributed by atoms with Crippen LogP contribution in [-0.4, -0.2) is 24.2 Å². The molecular weight excluding hydrogens is 211 g/mol. The number of nitrogens with zero attached hydrogens (tertiary/aromatic N) is 1. The summed E-state index contributed by atoms with van der Waals surface area (Å²) in [6, 6.07) is 2.45. The number of nitrogen functional groups attached to an aromatic ring is 1. The molecule has 0 saturated heterocycles. The van der Waals surface area contributed by atoms with Crippen molar-refractivity contribution in [1.82, 2.24) is 0 Å². The molecule has 0 aliphatic rings. The summed E-state index contributed by atoms with van der Waals surface area (Å²) in [5.74, 6) is -2.09. The molecule has 0 aliphatic heterocycles. The van der Waals surface area contributed by atoms with E-state index < -0.39 is 17.3 Å². The summed E-state index contributed by atoms with van der Waals surface area (Å²) in [5, 5.41) is 8.72. The van der Waals surface area contributed by atoms with Crippen LogP contribution >= 0.6 is 0 Å². The maximum absolute atomic E-state index is 13.4. The third kappa shape index (κ3) is 2.24. The van der Waals surface area contributed by atoms with Crippen LogP contribution in [0, 0.1) is 5.82 Å². The predicted molar refractivity (Wildman–Crippen MR) is 61.3 cm³/mol. The fourth-order valence-electron chi connectivity index (χ4n) is 1.33. The Morgan fingerprint density at radius 3 is 2.50 bits per heavy atom. The van der Waals surface area contributed by atoms with Gasteiger partial charge in [0.1, 0.15) is 5.82 Å². The lowest BCUT2D eigenvalue weighted by Gasteiger charge is -2.25. The maximum atomic E-state index is 13.4. The van der Waals surface area contributed by atoms with Gasteiger partial charge in [-0.3, -0.25) is 0 Å².